The highest BCUT2D eigenvalue weighted by Crippen LogP contribution is 2.30. The summed E-state index contributed by atoms with van der Waals surface area (Å²) in [7, 11) is 0. The Morgan fingerprint density at radius 1 is 1.30 bits per heavy atom. The number of hydrogen-bond acceptors (Lipinski definition) is 3. The summed E-state index contributed by atoms with van der Waals surface area (Å²) >= 11 is 3.06. The van der Waals surface area contributed by atoms with E-state index in [4.69, 9.17) is 0 Å². The summed E-state index contributed by atoms with van der Waals surface area (Å²) in [5.74, 6) is -0.265. The van der Waals surface area contributed by atoms with E-state index in [1.807, 2.05) is 0 Å². The van der Waals surface area contributed by atoms with Crippen LogP contribution in [0.2, 0.25) is 0 Å². The second-order valence-corrected chi connectivity index (χ2v) is 5.66. The van der Waals surface area contributed by atoms with Crippen LogP contribution in [0.3, 0.4) is 0 Å². The number of hydrogen-bond donors (Lipinski definition) is 0. The maximum atomic E-state index is 14.4. The van der Waals surface area contributed by atoms with E-state index in [2.05, 4.69) is 30.6 Å². The Morgan fingerprint density at radius 3 is 2.83 bits per heavy atom. The summed E-state index contributed by atoms with van der Waals surface area (Å²) in [6, 6.07) is 6.15. The van der Waals surface area contributed by atoms with E-state index in [0.717, 1.165) is 0 Å². The lowest BCUT2D eigenvalue weighted by molar-refractivity contribution is -0.0506. The Morgan fingerprint density at radius 2 is 2.09 bits per heavy atom. The van der Waals surface area contributed by atoms with Gasteiger partial charge < -0.3 is 9.30 Å². The molecule has 0 saturated heterocycles. The highest BCUT2D eigenvalue weighted by atomic mass is 79.9. The molecule has 0 fully saturated rings. The number of ether oxygens (including phenoxy) is 1. The second kappa shape index (κ2) is 6.19. The standard InChI is InChI=1S/C15H11BrF3N3O/c1-8-21-11-3-2-6-20-14(11)22(8)7-9-12(23-15(18)19)5-4-10(16)13(9)17/h2-6,15H,7H2,1H3. The Hall–Kier alpha value is -2.09. The predicted octanol–water partition coefficient (Wildman–Crippen LogP) is 4.29. The highest BCUT2D eigenvalue weighted by molar-refractivity contribution is 9.10. The Kier molecular flexibility index (Phi) is 4.25. The van der Waals surface area contributed by atoms with Crippen LogP contribution in [0.4, 0.5) is 13.2 Å². The van der Waals surface area contributed by atoms with Crippen LogP contribution >= 0.6 is 15.9 Å². The van der Waals surface area contributed by atoms with Gasteiger partial charge in [-0.2, -0.15) is 8.78 Å². The van der Waals surface area contributed by atoms with Crippen molar-refractivity contribution < 1.29 is 17.9 Å². The van der Waals surface area contributed by atoms with Gasteiger partial charge in [0.15, 0.2) is 5.65 Å². The first-order valence-corrected chi connectivity index (χ1v) is 7.46. The second-order valence-electron chi connectivity index (χ2n) is 4.81. The monoisotopic (exact) mass is 385 g/mol. The van der Waals surface area contributed by atoms with Crippen LogP contribution in [0, 0.1) is 12.7 Å². The average Bonchev–Trinajstić information content (AvgIpc) is 2.82. The van der Waals surface area contributed by atoms with Crippen molar-refractivity contribution in [3.63, 3.8) is 0 Å². The van der Waals surface area contributed by atoms with Crippen LogP contribution in [0.1, 0.15) is 11.4 Å². The molecule has 0 amide bonds. The number of nitrogens with zero attached hydrogens (tertiary/aromatic N) is 3. The maximum Gasteiger partial charge on any atom is 0.387 e. The molecule has 1 aromatic carbocycles. The van der Waals surface area contributed by atoms with Crippen molar-refractivity contribution in [3.05, 3.63) is 52.1 Å². The first-order chi connectivity index (χ1) is 11.0. The van der Waals surface area contributed by atoms with Crippen LogP contribution in [0.5, 0.6) is 5.75 Å². The van der Waals surface area contributed by atoms with Crippen molar-refractivity contribution in [2.75, 3.05) is 0 Å². The van der Waals surface area contributed by atoms with Gasteiger partial charge >= 0.3 is 6.61 Å². The average molecular weight is 386 g/mol. The molecule has 8 heteroatoms. The molecule has 23 heavy (non-hydrogen) atoms. The quantitative estimate of drug-likeness (QED) is 0.672. The van der Waals surface area contributed by atoms with E-state index in [0.29, 0.717) is 17.0 Å². The Bertz CT molecular complexity index is 867. The topological polar surface area (TPSA) is 39.9 Å². The zero-order valence-electron chi connectivity index (χ0n) is 11.9. The molecule has 3 rings (SSSR count). The number of aryl methyl sites for hydroxylation is 1. The first kappa shape index (κ1) is 15.8. The van der Waals surface area contributed by atoms with Gasteiger partial charge in [0, 0.05) is 6.20 Å². The van der Waals surface area contributed by atoms with Crippen LogP contribution in [-0.2, 0) is 6.54 Å². The highest BCUT2D eigenvalue weighted by Gasteiger charge is 2.19. The molecule has 0 bridgehead atoms. The van der Waals surface area contributed by atoms with Crippen molar-refractivity contribution in [2.45, 2.75) is 20.1 Å². The largest absolute Gasteiger partial charge is 0.434 e. The fourth-order valence-electron chi connectivity index (χ4n) is 2.35. The SMILES string of the molecule is Cc1nc2cccnc2n1Cc1c(OC(F)F)ccc(Br)c1F. The van der Waals surface area contributed by atoms with Crippen molar-refractivity contribution in [3.8, 4) is 5.75 Å². The van der Waals surface area contributed by atoms with Crippen molar-refractivity contribution in [2.24, 2.45) is 0 Å². The minimum absolute atomic E-state index is 0.00716. The molecule has 4 nitrogen and oxygen atoms in total. The van der Waals surface area contributed by atoms with Crippen LogP contribution in [0.25, 0.3) is 11.2 Å². The smallest absolute Gasteiger partial charge is 0.387 e. The van der Waals surface area contributed by atoms with Crippen molar-refractivity contribution >= 4 is 27.1 Å². The van der Waals surface area contributed by atoms with Gasteiger partial charge in [-0.05, 0) is 47.1 Å². The fourth-order valence-corrected chi connectivity index (χ4v) is 2.72. The van der Waals surface area contributed by atoms with Gasteiger partial charge in [-0.3, -0.25) is 0 Å². The molecule has 0 N–H and O–H groups in total. The van der Waals surface area contributed by atoms with Crippen molar-refractivity contribution in [1.82, 2.24) is 14.5 Å². The fraction of sp³-hybridized carbons (Fsp3) is 0.200. The van der Waals surface area contributed by atoms with E-state index in [-0.39, 0.29) is 22.3 Å². The number of benzene rings is 1. The number of pyridine rings is 1. The lowest BCUT2D eigenvalue weighted by atomic mass is 10.2. The van der Waals surface area contributed by atoms with Gasteiger partial charge in [0.25, 0.3) is 0 Å². The third-order valence-corrected chi connectivity index (χ3v) is 3.99. The number of alkyl halides is 2. The molecule has 2 heterocycles. The van der Waals surface area contributed by atoms with E-state index in [9.17, 15) is 13.2 Å². The van der Waals surface area contributed by atoms with Gasteiger partial charge in [0.1, 0.15) is 22.9 Å². The van der Waals surface area contributed by atoms with E-state index < -0.39 is 12.4 Å². The molecule has 2 aromatic heterocycles. The first-order valence-electron chi connectivity index (χ1n) is 6.67. The number of fused-ring (bicyclic) bond motifs is 1. The molecule has 0 spiro atoms. The summed E-state index contributed by atoms with van der Waals surface area (Å²) in [6.45, 7) is -1.31. The van der Waals surface area contributed by atoms with E-state index >= 15 is 0 Å². The third-order valence-electron chi connectivity index (χ3n) is 3.38. The Balaban J connectivity index is 2.11. The third kappa shape index (κ3) is 3.03. The van der Waals surface area contributed by atoms with Crippen LogP contribution in [-0.4, -0.2) is 21.1 Å². The van der Waals surface area contributed by atoms with Gasteiger partial charge in [0.2, 0.25) is 0 Å². The zero-order chi connectivity index (χ0) is 16.6. The van der Waals surface area contributed by atoms with Gasteiger partial charge in [-0.1, -0.05) is 0 Å². The molecular weight excluding hydrogens is 375 g/mol. The molecule has 0 aliphatic carbocycles. The summed E-state index contributed by atoms with van der Waals surface area (Å²) in [6.07, 6.45) is 1.59. The molecule has 0 aliphatic rings. The molecule has 120 valence electrons. The van der Waals surface area contributed by atoms with Crippen molar-refractivity contribution in [1.29, 1.82) is 0 Å². The minimum atomic E-state index is -3.03. The summed E-state index contributed by atoms with van der Waals surface area (Å²) in [5, 5.41) is 0. The van der Waals surface area contributed by atoms with Crippen LogP contribution in [0.15, 0.2) is 34.9 Å². The molecule has 0 atom stereocenters. The van der Waals surface area contributed by atoms with Crippen LogP contribution < -0.4 is 4.74 Å². The number of halogens is 4. The normalized spacial score (nSPS) is 11.4. The molecule has 0 saturated carbocycles. The Labute approximate surface area is 138 Å². The number of imidazole rings is 1. The lowest BCUT2D eigenvalue weighted by Gasteiger charge is -2.14. The van der Waals surface area contributed by atoms with Gasteiger partial charge in [0.05, 0.1) is 16.6 Å². The predicted molar refractivity (Wildman–Crippen MR) is 82.1 cm³/mol. The zero-order valence-corrected chi connectivity index (χ0v) is 13.5. The summed E-state index contributed by atoms with van der Waals surface area (Å²) in [5.41, 5.74) is 1.21. The lowest BCUT2D eigenvalue weighted by Crippen LogP contribution is -2.10. The summed E-state index contributed by atoms with van der Waals surface area (Å²) < 4.78 is 45.8. The summed E-state index contributed by atoms with van der Waals surface area (Å²) in [4.78, 5) is 8.55. The maximum absolute atomic E-state index is 14.4. The number of aromatic nitrogens is 3. The van der Waals surface area contributed by atoms with E-state index in [1.54, 1.807) is 29.8 Å². The number of rotatable bonds is 4. The molecule has 0 unspecified atom stereocenters. The van der Waals surface area contributed by atoms with E-state index in [1.165, 1.54) is 12.1 Å². The molecule has 3 aromatic rings. The van der Waals surface area contributed by atoms with Gasteiger partial charge in [-0.25, -0.2) is 14.4 Å². The van der Waals surface area contributed by atoms with Gasteiger partial charge in [-0.15, -0.1) is 0 Å². The molecule has 0 radical (unpaired) electrons. The molecular formula is C15H11BrF3N3O. The minimum Gasteiger partial charge on any atom is -0.434 e. The molecule has 0 aliphatic heterocycles.